The van der Waals surface area contributed by atoms with E-state index in [9.17, 15) is 28.1 Å². The first kappa shape index (κ1) is 17.8. The lowest BCUT2D eigenvalue weighted by atomic mass is 10.2. The van der Waals surface area contributed by atoms with Crippen LogP contribution in [0.5, 0.6) is 0 Å². The predicted molar refractivity (Wildman–Crippen MR) is 91.8 cm³/mol. The molecule has 1 atom stereocenters. The highest BCUT2D eigenvalue weighted by atomic mass is 32.2. The van der Waals surface area contributed by atoms with Gasteiger partial charge in [-0.3, -0.25) is 24.1 Å². The second kappa shape index (κ2) is 6.71. The lowest BCUT2D eigenvalue weighted by Gasteiger charge is -2.12. The maximum Gasteiger partial charge on any atom is 0.376 e. The average molecular weight is 381 g/mol. The standard InChI is InChI=1S/C14H15N5O6S/c20-11(16-9-4-6-26(24,25)8-9)7-15-13-12(19(22)23)14(21)18-5-2-1-3-10(18)17-13/h1-3,5,9,15H,4,6-8H2,(H,16,20)/t9-/m0/s1. The van der Waals surface area contributed by atoms with Crippen LogP contribution >= 0.6 is 0 Å². The van der Waals surface area contributed by atoms with E-state index >= 15 is 0 Å². The van der Waals surface area contributed by atoms with Crippen molar-refractivity contribution in [2.24, 2.45) is 0 Å². The molecule has 1 fully saturated rings. The number of pyridine rings is 1. The summed E-state index contributed by atoms with van der Waals surface area (Å²) >= 11 is 0. The third-order valence-electron chi connectivity index (χ3n) is 3.91. The van der Waals surface area contributed by atoms with E-state index in [1.807, 2.05) is 0 Å². The fourth-order valence-electron chi connectivity index (χ4n) is 2.72. The summed E-state index contributed by atoms with van der Waals surface area (Å²) < 4.78 is 23.8. The van der Waals surface area contributed by atoms with E-state index in [1.165, 1.54) is 18.3 Å². The number of sulfone groups is 1. The van der Waals surface area contributed by atoms with Crippen LogP contribution in [0.1, 0.15) is 6.42 Å². The van der Waals surface area contributed by atoms with Crippen molar-refractivity contribution < 1.29 is 18.1 Å². The van der Waals surface area contributed by atoms with Crippen LogP contribution in [-0.2, 0) is 14.6 Å². The quantitative estimate of drug-likeness (QED) is 0.510. The van der Waals surface area contributed by atoms with Crippen molar-refractivity contribution >= 4 is 32.9 Å². The highest BCUT2D eigenvalue weighted by molar-refractivity contribution is 7.91. The second-order valence-corrected chi connectivity index (χ2v) is 8.05. The summed E-state index contributed by atoms with van der Waals surface area (Å²) in [6.45, 7) is -0.382. The molecule has 138 valence electrons. The van der Waals surface area contributed by atoms with E-state index in [0.29, 0.717) is 6.42 Å². The van der Waals surface area contributed by atoms with Gasteiger partial charge in [0.15, 0.2) is 9.84 Å². The van der Waals surface area contributed by atoms with Crippen molar-refractivity contribution in [3.05, 3.63) is 44.9 Å². The fraction of sp³-hybridized carbons (Fsp3) is 0.357. The van der Waals surface area contributed by atoms with Crippen LogP contribution in [0.25, 0.3) is 5.65 Å². The summed E-state index contributed by atoms with van der Waals surface area (Å²) in [7, 11) is -3.14. The Kier molecular flexibility index (Phi) is 4.59. The molecule has 3 heterocycles. The Morgan fingerprint density at radius 1 is 1.42 bits per heavy atom. The maximum absolute atomic E-state index is 12.3. The van der Waals surface area contributed by atoms with E-state index in [1.54, 1.807) is 6.07 Å². The monoisotopic (exact) mass is 381 g/mol. The lowest BCUT2D eigenvalue weighted by molar-refractivity contribution is -0.385. The summed E-state index contributed by atoms with van der Waals surface area (Å²) in [6.07, 6.45) is 1.68. The minimum atomic E-state index is -3.14. The number of rotatable bonds is 5. The van der Waals surface area contributed by atoms with Crippen LogP contribution in [0, 0.1) is 10.1 Å². The number of amides is 1. The first-order valence-corrected chi connectivity index (χ1v) is 9.48. The number of fused-ring (bicyclic) bond motifs is 1. The van der Waals surface area contributed by atoms with Gasteiger partial charge in [0.25, 0.3) is 0 Å². The van der Waals surface area contributed by atoms with Crippen LogP contribution in [0.4, 0.5) is 11.5 Å². The molecule has 0 spiro atoms. The van der Waals surface area contributed by atoms with Gasteiger partial charge in [0.2, 0.25) is 11.7 Å². The fourth-order valence-corrected chi connectivity index (χ4v) is 4.39. The average Bonchev–Trinajstić information content (AvgIpc) is 2.91. The second-order valence-electron chi connectivity index (χ2n) is 5.82. The number of anilines is 1. The molecule has 0 bridgehead atoms. The molecule has 0 saturated carbocycles. The number of nitrogens with zero attached hydrogens (tertiary/aromatic N) is 3. The van der Waals surface area contributed by atoms with Gasteiger partial charge in [-0.1, -0.05) is 6.07 Å². The van der Waals surface area contributed by atoms with Gasteiger partial charge < -0.3 is 10.6 Å². The molecule has 1 aliphatic heterocycles. The largest absolute Gasteiger partial charge is 0.376 e. The first-order valence-electron chi connectivity index (χ1n) is 7.66. The van der Waals surface area contributed by atoms with Gasteiger partial charge in [0.05, 0.1) is 23.0 Å². The van der Waals surface area contributed by atoms with Crippen molar-refractivity contribution in [2.75, 3.05) is 23.4 Å². The molecule has 0 aromatic carbocycles. The summed E-state index contributed by atoms with van der Waals surface area (Å²) in [5.41, 5.74) is -1.46. The van der Waals surface area contributed by atoms with Gasteiger partial charge in [-0.15, -0.1) is 0 Å². The summed E-state index contributed by atoms with van der Waals surface area (Å²) in [5, 5.41) is 16.3. The van der Waals surface area contributed by atoms with Crippen molar-refractivity contribution in [3.63, 3.8) is 0 Å². The van der Waals surface area contributed by atoms with E-state index in [0.717, 1.165) is 4.40 Å². The van der Waals surface area contributed by atoms with Gasteiger partial charge in [-0.2, -0.15) is 0 Å². The van der Waals surface area contributed by atoms with Crippen molar-refractivity contribution in [3.8, 4) is 0 Å². The normalized spacial score (nSPS) is 18.5. The summed E-state index contributed by atoms with van der Waals surface area (Å²) in [6, 6.07) is 4.17. The highest BCUT2D eigenvalue weighted by Gasteiger charge is 2.29. The molecule has 2 aromatic heterocycles. The molecule has 26 heavy (non-hydrogen) atoms. The smallest absolute Gasteiger partial charge is 0.355 e. The van der Waals surface area contributed by atoms with Gasteiger partial charge >= 0.3 is 11.2 Å². The van der Waals surface area contributed by atoms with E-state index in [2.05, 4.69) is 15.6 Å². The summed E-state index contributed by atoms with van der Waals surface area (Å²) in [4.78, 5) is 38.6. The summed E-state index contributed by atoms with van der Waals surface area (Å²) in [5.74, 6) is -0.981. The predicted octanol–water partition coefficient (Wildman–Crippen LogP) is -0.682. The Labute approximate surface area is 147 Å². The third-order valence-corrected chi connectivity index (χ3v) is 5.67. The number of hydrogen-bond acceptors (Lipinski definition) is 8. The lowest BCUT2D eigenvalue weighted by Crippen LogP contribution is -2.39. The van der Waals surface area contributed by atoms with Gasteiger partial charge in [-0.05, 0) is 18.6 Å². The van der Waals surface area contributed by atoms with Crippen LogP contribution in [-0.4, -0.2) is 52.7 Å². The Morgan fingerprint density at radius 3 is 2.85 bits per heavy atom. The molecule has 1 saturated heterocycles. The Hall–Kier alpha value is -3.02. The molecule has 11 nitrogen and oxygen atoms in total. The molecule has 2 aromatic rings. The van der Waals surface area contributed by atoms with Crippen LogP contribution in [0.2, 0.25) is 0 Å². The number of carbonyl (C=O) groups is 1. The SMILES string of the molecule is O=C(CNc1nc2ccccn2c(=O)c1[N+](=O)[O-])N[C@H]1CCS(=O)(=O)C1. The first-order chi connectivity index (χ1) is 12.3. The minimum absolute atomic E-state index is 0.0137. The van der Waals surface area contributed by atoms with Crippen LogP contribution in [0.15, 0.2) is 29.2 Å². The highest BCUT2D eigenvalue weighted by Crippen LogP contribution is 2.17. The van der Waals surface area contributed by atoms with Crippen LogP contribution in [0.3, 0.4) is 0 Å². The Morgan fingerprint density at radius 2 is 2.19 bits per heavy atom. The van der Waals surface area contributed by atoms with E-state index in [-0.39, 0.29) is 29.5 Å². The third kappa shape index (κ3) is 3.64. The zero-order valence-corrected chi connectivity index (χ0v) is 14.2. The van der Waals surface area contributed by atoms with Gasteiger partial charge in [0.1, 0.15) is 5.65 Å². The molecular formula is C14H15N5O6S. The van der Waals surface area contributed by atoms with Crippen molar-refractivity contribution in [1.29, 1.82) is 0 Å². The molecule has 0 unspecified atom stereocenters. The Bertz CT molecular complexity index is 1050. The molecule has 1 aliphatic rings. The van der Waals surface area contributed by atoms with E-state index in [4.69, 9.17) is 0 Å². The topological polar surface area (TPSA) is 153 Å². The molecule has 12 heteroatoms. The molecule has 0 radical (unpaired) electrons. The maximum atomic E-state index is 12.3. The number of hydrogen-bond donors (Lipinski definition) is 2. The van der Waals surface area contributed by atoms with E-state index < -0.39 is 38.0 Å². The van der Waals surface area contributed by atoms with Crippen molar-refractivity contribution in [2.45, 2.75) is 12.5 Å². The minimum Gasteiger partial charge on any atom is -0.355 e. The zero-order chi connectivity index (χ0) is 18.9. The number of nitro groups is 1. The molecule has 1 amide bonds. The van der Waals surface area contributed by atoms with Gasteiger partial charge in [0, 0.05) is 12.2 Å². The molecule has 2 N–H and O–H groups in total. The number of nitrogens with one attached hydrogen (secondary N) is 2. The zero-order valence-electron chi connectivity index (χ0n) is 13.4. The number of aromatic nitrogens is 2. The molecule has 3 rings (SSSR count). The molecule has 0 aliphatic carbocycles. The number of carbonyl (C=O) groups excluding carboxylic acids is 1. The molecular weight excluding hydrogens is 366 g/mol. The van der Waals surface area contributed by atoms with Crippen LogP contribution < -0.4 is 16.2 Å². The van der Waals surface area contributed by atoms with Gasteiger partial charge in [-0.25, -0.2) is 13.4 Å². The van der Waals surface area contributed by atoms with Crippen molar-refractivity contribution in [1.82, 2.24) is 14.7 Å². The Balaban J connectivity index is 1.78.